The van der Waals surface area contributed by atoms with Gasteiger partial charge < -0.3 is 10.6 Å². The minimum atomic E-state index is -0.636. The molecule has 0 aliphatic carbocycles. The number of hydrogen-bond donors (Lipinski definition) is 3. The highest BCUT2D eigenvalue weighted by atomic mass is 19.1. The van der Waals surface area contributed by atoms with Gasteiger partial charge in [0.25, 0.3) is 0 Å². The molecule has 0 bridgehead atoms. The Balaban J connectivity index is 1.78. The molecule has 2 rings (SSSR count). The summed E-state index contributed by atoms with van der Waals surface area (Å²) in [6, 6.07) is 13.8. The maximum atomic E-state index is 12.8. The second-order valence-corrected chi connectivity index (χ2v) is 5.03. The van der Waals surface area contributed by atoms with Crippen LogP contribution in [0.3, 0.4) is 0 Å². The van der Waals surface area contributed by atoms with Crippen LogP contribution in [0.1, 0.15) is 12.5 Å². The van der Waals surface area contributed by atoms with Gasteiger partial charge in [0.15, 0.2) is 0 Å². The van der Waals surface area contributed by atoms with Gasteiger partial charge in [-0.3, -0.25) is 10.1 Å². The number of hydrogen-bond acceptors (Lipinski definition) is 3. The third-order valence-electron chi connectivity index (χ3n) is 3.15. The lowest BCUT2D eigenvalue weighted by Crippen LogP contribution is -2.45. The van der Waals surface area contributed by atoms with Gasteiger partial charge in [0.1, 0.15) is 11.9 Å². The van der Waals surface area contributed by atoms with Crippen LogP contribution in [0, 0.1) is 5.82 Å². The Labute approximate surface area is 133 Å². The van der Waals surface area contributed by atoms with Crippen molar-refractivity contribution in [1.82, 2.24) is 10.6 Å². The van der Waals surface area contributed by atoms with Gasteiger partial charge in [-0.2, -0.15) is 0 Å². The molecule has 0 radical (unpaired) electrons. The number of urea groups is 1. The number of anilines is 1. The number of imide groups is 1. The highest BCUT2D eigenvalue weighted by Crippen LogP contribution is 2.09. The van der Waals surface area contributed by atoms with Crippen LogP contribution in [0.4, 0.5) is 14.9 Å². The van der Waals surface area contributed by atoms with E-state index in [1.165, 1.54) is 24.3 Å². The zero-order valence-electron chi connectivity index (χ0n) is 12.7. The van der Waals surface area contributed by atoms with Crippen molar-refractivity contribution >= 4 is 17.6 Å². The number of carbonyl (C=O) groups is 2. The molecule has 6 heteroatoms. The van der Waals surface area contributed by atoms with E-state index in [9.17, 15) is 14.0 Å². The Morgan fingerprint density at radius 2 is 1.70 bits per heavy atom. The second-order valence-electron chi connectivity index (χ2n) is 5.03. The summed E-state index contributed by atoms with van der Waals surface area (Å²) in [6.07, 6.45) is 0. The van der Waals surface area contributed by atoms with Gasteiger partial charge in [-0.25, -0.2) is 9.18 Å². The molecule has 0 heterocycles. The zero-order chi connectivity index (χ0) is 16.7. The quantitative estimate of drug-likeness (QED) is 0.794. The summed E-state index contributed by atoms with van der Waals surface area (Å²) >= 11 is 0. The molecule has 3 N–H and O–H groups in total. The van der Waals surface area contributed by atoms with Crippen LogP contribution in [0.2, 0.25) is 0 Å². The van der Waals surface area contributed by atoms with Crippen molar-refractivity contribution in [3.05, 3.63) is 66.0 Å². The van der Waals surface area contributed by atoms with E-state index in [1.807, 2.05) is 30.3 Å². The molecule has 0 aliphatic rings. The number of halogens is 1. The molecule has 0 saturated heterocycles. The van der Waals surface area contributed by atoms with Gasteiger partial charge >= 0.3 is 6.03 Å². The topological polar surface area (TPSA) is 70.2 Å². The van der Waals surface area contributed by atoms with Crippen molar-refractivity contribution in [2.45, 2.75) is 19.5 Å². The van der Waals surface area contributed by atoms with E-state index in [4.69, 9.17) is 0 Å². The van der Waals surface area contributed by atoms with Crippen LogP contribution < -0.4 is 16.0 Å². The molecule has 5 nitrogen and oxygen atoms in total. The molecule has 0 spiro atoms. The second kappa shape index (κ2) is 7.93. The standard InChI is InChI=1S/C17H18FN3O2/c1-12(20-15-9-7-14(18)8-10-15)16(22)21-17(23)19-11-13-5-3-2-4-6-13/h2-10,12,20H,11H2,1H3,(H2,19,21,22,23)/t12-/m1/s1. The molecule has 2 aromatic carbocycles. The number of rotatable bonds is 5. The first-order valence-corrected chi connectivity index (χ1v) is 7.19. The van der Waals surface area contributed by atoms with Crippen molar-refractivity contribution in [1.29, 1.82) is 0 Å². The largest absolute Gasteiger partial charge is 0.374 e. The predicted octanol–water partition coefficient (Wildman–Crippen LogP) is 2.65. The van der Waals surface area contributed by atoms with E-state index in [-0.39, 0.29) is 5.82 Å². The van der Waals surface area contributed by atoms with E-state index in [1.54, 1.807) is 6.92 Å². The lowest BCUT2D eigenvalue weighted by atomic mass is 10.2. The molecule has 0 fully saturated rings. The Hall–Kier alpha value is -2.89. The summed E-state index contributed by atoms with van der Waals surface area (Å²) in [7, 11) is 0. The van der Waals surface area contributed by atoms with Gasteiger partial charge in [0.05, 0.1) is 0 Å². The van der Waals surface area contributed by atoms with Crippen LogP contribution in [0.5, 0.6) is 0 Å². The van der Waals surface area contributed by atoms with Crippen molar-refractivity contribution in [3.8, 4) is 0 Å². The van der Waals surface area contributed by atoms with Crippen molar-refractivity contribution in [2.24, 2.45) is 0 Å². The molecule has 3 amide bonds. The summed E-state index contributed by atoms with van der Waals surface area (Å²) in [5, 5.41) is 7.75. The number of nitrogens with one attached hydrogen (secondary N) is 3. The van der Waals surface area contributed by atoms with Crippen LogP contribution in [-0.4, -0.2) is 18.0 Å². The number of amides is 3. The predicted molar refractivity (Wildman–Crippen MR) is 86.3 cm³/mol. The summed E-state index contributed by atoms with van der Waals surface area (Å²) < 4.78 is 12.8. The first kappa shape index (κ1) is 16.5. The Bertz CT molecular complexity index is 659. The monoisotopic (exact) mass is 315 g/mol. The molecule has 0 aliphatic heterocycles. The van der Waals surface area contributed by atoms with Gasteiger partial charge in [0, 0.05) is 12.2 Å². The average molecular weight is 315 g/mol. The molecule has 2 aromatic rings. The molecular formula is C17H18FN3O2. The molecule has 0 unspecified atom stereocenters. The van der Waals surface area contributed by atoms with Crippen LogP contribution in [0.25, 0.3) is 0 Å². The summed E-state index contributed by atoms with van der Waals surface area (Å²) in [4.78, 5) is 23.6. The fraction of sp³-hybridized carbons (Fsp3) is 0.176. The van der Waals surface area contributed by atoms with Crippen LogP contribution >= 0.6 is 0 Å². The van der Waals surface area contributed by atoms with Gasteiger partial charge in [0.2, 0.25) is 5.91 Å². The zero-order valence-corrected chi connectivity index (χ0v) is 12.7. The van der Waals surface area contributed by atoms with E-state index < -0.39 is 18.0 Å². The Kier molecular flexibility index (Phi) is 5.68. The van der Waals surface area contributed by atoms with Gasteiger partial charge in [-0.15, -0.1) is 0 Å². The average Bonchev–Trinajstić information content (AvgIpc) is 2.56. The maximum absolute atomic E-state index is 12.8. The first-order chi connectivity index (χ1) is 11.0. The molecule has 120 valence electrons. The van der Waals surface area contributed by atoms with E-state index in [0.29, 0.717) is 12.2 Å². The molecule has 0 saturated carbocycles. The van der Waals surface area contributed by atoms with E-state index >= 15 is 0 Å². The smallest absolute Gasteiger partial charge is 0.321 e. The fourth-order valence-electron chi connectivity index (χ4n) is 1.90. The molecule has 0 aromatic heterocycles. The lowest BCUT2D eigenvalue weighted by molar-refractivity contribution is -0.120. The Morgan fingerprint density at radius 1 is 1.04 bits per heavy atom. The summed E-state index contributed by atoms with van der Waals surface area (Å²) in [5.41, 5.74) is 1.53. The van der Waals surface area contributed by atoms with Crippen molar-refractivity contribution in [3.63, 3.8) is 0 Å². The van der Waals surface area contributed by atoms with E-state index in [0.717, 1.165) is 5.56 Å². The lowest BCUT2D eigenvalue weighted by Gasteiger charge is -2.15. The van der Waals surface area contributed by atoms with Crippen LogP contribution in [-0.2, 0) is 11.3 Å². The normalized spacial score (nSPS) is 11.4. The third kappa shape index (κ3) is 5.43. The van der Waals surface area contributed by atoms with Crippen molar-refractivity contribution in [2.75, 3.05) is 5.32 Å². The van der Waals surface area contributed by atoms with Gasteiger partial charge in [-0.1, -0.05) is 30.3 Å². The highest BCUT2D eigenvalue weighted by Gasteiger charge is 2.15. The highest BCUT2D eigenvalue weighted by molar-refractivity contribution is 5.97. The van der Waals surface area contributed by atoms with Crippen LogP contribution in [0.15, 0.2) is 54.6 Å². The number of carbonyl (C=O) groups excluding carboxylic acids is 2. The SMILES string of the molecule is C[C@@H](Nc1ccc(F)cc1)C(=O)NC(=O)NCc1ccccc1. The van der Waals surface area contributed by atoms with Gasteiger partial charge in [-0.05, 0) is 36.8 Å². The molecule has 23 heavy (non-hydrogen) atoms. The fourth-order valence-corrected chi connectivity index (χ4v) is 1.90. The third-order valence-corrected chi connectivity index (χ3v) is 3.15. The van der Waals surface area contributed by atoms with Crippen molar-refractivity contribution < 1.29 is 14.0 Å². The Morgan fingerprint density at radius 3 is 2.35 bits per heavy atom. The maximum Gasteiger partial charge on any atom is 0.321 e. The summed E-state index contributed by atoms with van der Waals surface area (Å²) in [6.45, 7) is 1.95. The summed E-state index contributed by atoms with van der Waals surface area (Å²) in [5.74, 6) is -0.826. The number of benzene rings is 2. The minimum absolute atomic E-state index is 0.333. The van der Waals surface area contributed by atoms with E-state index in [2.05, 4.69) is 16.0 Å². The molecule has 1 atom stereocenters. The molecular weight excluding hydrogens is 297 g/mol. The minimum Gasteiger partial charge on any atom is -0.374 e. The first-order valence-electron chi connectivity index (χ1n) is 7.19.